The molecule has 0 spiro atoms. The van der Waals surface area contributed by atoms with E-state index < -0.39 is 34.4 Å². The van der Waals surface area contributed by atoms with Crippen molar-refractivity contribution in [2.24, 2.45) is 14.1 Å². The van der Waals surface area contributed by atoms with E-state index in [1.807, 2.05) is 0 Å². The monoisotopic (exact) mass is 466 g/mol. The van der Waals surface area contributed by atoms with Crippen LogP contribution in [0.3, 0.4) is 0 Å². The summed E-state index contributed by atoms with van der Waals surface area (Å²) in [5.41, 5.74) is -2.75. The Morgan fingerprint density at radius 1 is 0.912 bits per heavy atom. The van der Waals surface area contributed by atoms with Gasteiger partial charge in [-0.3, -0.25) is 13.9 Å². The first-order valence-electron chi connectivity index (χ1n) is 10.2. The maximum atomic E-state index is 13.3. The first-order chi connectivity index (χ1) is 16.2. The average molecular weight is 466 g/mol. The number of hydrogen-bond acceptors (Lipinski definition) is 8. The van der Waals surface area contributed by atoms with Gasteiger partial charge in [0.15, 0.2) is 0 Å². The third-order valence-electron chi connectivity index (χ3n) is 5.82. The van der Waals surface area contributed by atoms with Crippen molar-refractivity contribution in [2.45, 2.75) is 5.92 Å². The quantitative estimate of drug-likeness (QED) is 0.426. The van der Waals surface area contributed by atoms with E-state index in [1.165, 1.54) is 40.4 Å². The molecule has 0 aliphatic heterocycles. The smallest absolute Gasteiger partial charge is 0.344 e. The van der Waals surface area contributed by atoms with Crippen molar-refractivity contribution in [3.8, 4) is 23.1 Å². The number of hydrogen-bond donors (Lipinski definition) is 2. The maximum Gasteiger partial charge on any atom is 0.344 e. The van der Waals surface area contributed by atoms with Gasteiger partial charge in [0.2, 0.25) is 5.88 Å². The summed E-state index contributed by atoms with van der Waals surface area (Å²) in [6.45, 7) is 0. The zero-order chi connectivity index (χ0) is 24.7. The summed E-state index contributed by atoms with van der Waals surface area (Å²) >= 11 is 0. The Balaban J connectivity index is 2.21. The minimum atomic E-state index is -1.35. The molecule has 0 bridgehead atoms. The first kappa shape index (κ1) is 22.7. The van der Waals surface area contributed by atoms with Crippen LogP contribution in [-0.2, 0) is 14.1 Å². The fraction of sp³-hybridized carbons (Fsp3) is 0.208. The van der Waals surface area contributed by atoms with Crippen molar-refractivity contribution in [1.29, 1.82) is 0 Å². The number of aromatic nitrogens is 2. The van der Waals surface area contributed by atoms with E-state index in [0.29, 0.717) is 5.75 Å². The molecule has 0 aliphatic carbocycles. The lowest BCUT2D eigenvalue weighted by molar-refractivity contribution is 0.385. The molecule has 10 nitrogen and oxygen atoms in total. The van der Waals surface area contributed by atoms with Crippen LogP contribution in [0.2, 0.25) is 0 Å². The molecular weight excluding hydrogens is 444 g/mol. The van der Waals surface area contributed by atoms with E-state index in [0.717, 1.165) is 9.13 Å². The molecule has 176 valence electrons. The second-order valence-electron chi connectivity index (χ2n) is 7.63. The van der Waals surface area contributed by atoms with E-state index in [9.17, 15) is 24.6 Å². The predicted molar refractivity (Wildman–Crippen MR) is 123 cm³/mol. The molecule has 4 aromatic rings. The average Bonchev–Trinajstić information content (AvgIpc) is 2.85. The summed E-state index contributed by atoms with van der Waals surface area (Å²) in [5.74, 6) is -1.79. The molecule has 0 amide bonds. The lowest BCUT2D eigenvalue weighted by atomic mass is 9.85. The van der Waals surface area contributed by atoms with Crippen molar-refractivity contribution in [3.63, 3.8) is 0 Å². The predicted octanol–water partition coefficient (Wildman–Crippen LogP) is 1.80. The van der Waals surface area contributed by atoms with Crippen molar-refractivity contribution in [3.05, 3.63) is 90.4 Å². The van der Waals surface area contributed by atoms with Gasteiger partial charge in [-0.15, -0.1) is 0 Å². The normalized spacial score (nSPS) is 12.0. The second kappa shape index (κ2) is 8.47. The Labute approximate surface area is 192 Å². The first-order valence-corrected chi connectivity index (χ1v) is 10.2. The number of benzene rings is 2. The van der Waals surface area contributed by atoms with Crippen LogP contribution in [0.15, 0.2) is 61.3 Å². The van der Waals surface area contributed by atoms with Gasteiger partial charge in [0.05, 0.1) is 36.7 Å². The highest BCUT2D eigenvalue weighted by atomic mass is 16.5. The largest absolute Gasteiger partial charge is 0.507 e. The summed E-state index contributed by atoms with van der Waals surface area (Å²) in [4.78, 5) is 38.8. The molecular formula is C24H22N2O8. The highest BCUT2D eigenvalue weighted by molar-refractivity contribution is 5.84. The van der Waals surface area contributed by atoms with E-state index >= 15 is 0 Å². The minimum Gasteiger partial charge on any atom is -0.507 e. The number of methoxy groups -OCH3 is 2. The van der Waals surface area contributed by atoms with Gasteiger partial charge in [-0.25, -0.2) is 9.59 Å². The van der Waals surface area contributed by atoms with Gasteiger partial charge in [-0.1, -0.05) is 18.2 Å². The van der Waals surface area contributed by atoms with Crippen LogP contribution in [0, 0.1) is 0 Å². The summed E-state index contributed by atoms with van der Waals surface area (Å²) in [6.07, 6.45) is 0. The maximum absolute atomic E-state index is 13.3. The molecule has 2 aromatic heterocycles. The van der Waals surface area contributed by atoms with Gasteiger partial charge in [0.25, 0.3) is 5.56 Å². The number of nitrogens with zero attached hydrogens (tertiary/aromatic N) is 2. The van der Waals surface area contributed by atoms with Gasteiger partial charge in [0, 0.05) is 25.7 Å². The Bertz CT molecular complexity index is 1600. The van der Waals surface area contributed by atoms with Gasteiger partial charge in [0.1, 0.15) is 22.8 Å². The van der Waals surface area contributed by atoms with Crippen molar-refractivity contribution >= 4 is 11.0 Å². The molecule has 1 unspecified atom stereocenters. The summed E-state index contributed by atoms with van der Waals surface area (Å²) in [5, 5.41) is 22.3. The number of aromatic hydroxyl groups is 2. The molecule has 1 atom stereocenters. The van der Waals surface area contributed by atoms with Crippen molar-refractivity contribution in [1.82, 2.24) is 9.13 Å². The fourth-order valence-corrected chi connectivity index (χ4v) is 4.03. The zero-order valence-electron chi connectivity index (χ0n) is 18.9. The summed E-state index contributed by atoms with van der Waals surface area (Å²) in [7, 11) is 5.38. The lowest BCUT2D eigenvalue weighted by Gasteiger charge is -2.23. The summed E-state index contributed by atoms with van der Waals surface area (Å²) in [6, 6.07) is 11.0. The molecule has 2 aromatic carbocycles. The lowest BCUT2D eigenvalue weighted by Crippen LogP contribution is -2.40. The van der Waals surface area contributed by atoms with Crippen LogP contribution in [0.4, 0.5) is 0 Å². The number of ether oxygens (including phenoxy) is 2. The summed E-state index contributed by atoms with van der Waals surface area (Å²) < 4.78 is 17.8. The molecule has 0 aliphatic rings. The van der Waals surface area contributed by atoms with Gasteiger partial charge in [-0.2, -0.15) is 0 Å². The molecule has 2 heterocycles. The third-order valence-corrected chi connectivity index (χ3v) is 5.82. The standard InChI is InChI=1S/C24H22N2O8/c1-25-21(28)19(22(29)26(2)24(25)31)17(13-10-9-12(32-3)11-16(13)33-4)18-20(27)14-7-5-6-8-15(14)34-23(18)30/h5-11,17,27-28H,1-4H3. The zero-order valence-corrected chi connectivity index (χ0v) is 18.9. The number of rotatable bonds is 5. The molecule has 10 heteroatoms. The molecule has 2 N–H and O–H groups in total. The van der Waals surface area contributed by atoms with Crippen LogP contribution < -0.4 is 26.3 Å². The SMILES string of the molecule is COc1ccc(C(c2c(O)c3ccccc3oc2=O)c2c(O)n(C)c(=O)n(C)c2=O)c(OC)c1. The van der Waals surface area contributed by atoms with Gasteiger partial charge in [-0.05, 0) is 18.2 Å². The third kappa shape index (κ3) is 3.40. The van der Waals surface area contributed by atoms with E-state index in [4.69, 9.17) is 13.9 Å². The van der Waals surface area contributed by atoms with Crippen LogP contribution in [0.5, 0.6) is 23.1 Å². The van der Waals surface area contributed by atoms with Crippen LogP contribution >= 0.6 is 0 Å². The van der Waals surface area contributed by atoms with Crippen molar-refractivity contribution in [2.75, 3.05) is 14.2 Å². The van der Waals surface area contributed by atoms with E-state index in [2.05, 4.69) is 0 Å². The van der Waals surface area contributed by atoms with Crippen LogP contribution in [0.1, 0.15) is 22.6 Å². The highest BCUT2D eigenvalue weighted by Crippen LogP contribution is 2.43. The van der Waals surface area contributed by atoms with Gasteiger partial charge < -0.3 is 24.1 Å². The Kier molecular flexibility index (Phi) is 5.66. The second-order valence-corrected chi connectivity index (χ2v) is 7.63. The van der Waals surface area contributed by atoms with Crippen LogP contribution in [0.25, 0.3) is 11.0 Å². The van der Waals surface area contributed by atoms with E-state index in [-0.39, 0.29) is 33.4 Å². The highest BCUT2D eigenvalue weighted by Gasteiger charge is 2.34. The molecule has 0 fully saturated rings. The topological polar surface area (TPSA) is 133 Å². The number of fused-ring (bicyclic) bond motifs is 1. The minimum absolute atomic E-state index is 0.145. The molecule has 0 saturated heterocycles. The Morgan fingerprint density at radius 3 is 2.29 bits per heavy atom. The fourth-order valence-electron chi connectivity index (χ4n) is 4.03. The molecule has 0 radical (unpaired) electrons. The molecule has 0 saturated carbocycles. The van der Waals surface area contributed by atoms with Gasteiger partial charge >= 0.3 is 11.3 Å². The Hall–Kier alpha value is -4.47. The van der Waals surface area contributed by atoms with Crippen molar-refractivity contribution < 1.29 is 24.1 Å². The van der Waals surface area contributed by atoms with E-state index in [1.54, 1.807) is 30.3 Å². The molecule has 34 heavy (non-hydrogen) atoms. The molecule has 4 rings (SSSR count). The number of para-hydroxylation sites is 1. The van der Waals surface area contributed by atoms with Crippen LogP contribution in [-0.4, -0.2) is 33.6 Å². The Morgan fingerprint density at radius 2 is 1.62 bits per heavy atom.